The first-order valence-electron chi connectivity index (χ1n) is 5.43. The summed E-state index contributed by atoms with van der Waals surface area (Å²) in [5.41, 5.74) is 7.80. The zero-order valence-corrected chi connectivity index (χ0v) is 9.11. The minimum atomic E-state index is -0.254. The van der Waals surface area contributed by atoms with Crippen molar-refractivity contribution in [2.24, 2.45) is 10.5 Å². The lowest BCUT2D eigenvalue weighted by Gasteiger charge is -2.24. The molecule has 0 spiro atoms. The predicted molar refractivity (Wildman–Crippen MR) is 56.2 cm³/mol. The smallest absolute Gasteiger partial charge is 0.312 e. The van der Waals surface area contributed by atoms with Crippen molar-refractivity contribution in [2.45, 2.75) is 39.0 Å². The third kappa shape index (κ3) is 2.86. The van der Waals surface area contributed by atoms with E-state index in [2.05, 4.69) is 10.0 Å². The van der Waals surface area contributed by atoms with Gasteiger partial charge in [-0.3, -0.25) is 4.79 Å². The molecule has 0 radical (unpaired) electrons. The van der Waals surface area contributed by atoms with Crippen LogP contribution in [-0.2, 0) is 9.53 Å². The third-order valence-electron chi connectivity index (χ3n) is 3.16. The molecule has 0 N–H and O–H groups in total. The molecule has 15 heavy (non-hydrogen) atoms. The van der Waals surface area contributed by atoms with Crippen LogP contribution in [0.3, 0.4) is 0 Å². The van der Waals surface area contributed by atoms with Gasteiger partial charge in [0.15, 0.2) is 0 Å². The van der Waals surface area contributed by atoms with Crippen molar-refractivity contribution < 1.29 is 9.53 Å². The molecule has 5 heteroatoms. The number of azide groups is 1. The fraction of sp³-hybridized carbons (Fsp3) is 0.900. The average Bonchev–Trinajstić information content (AvgIpc) is 2.74. The summed E-state index contributed by atoms with van der Waals surface area (Å²) >= 11 is 0. The first-order valence-corrected chi connectivity index (χ1v) is 5.43. The van der Waals surface area contributed by atoms with Crippen molar-refractivity contribution in [1.29, 1.82) is 0 Å². The Hall–Kier alpha value is -1.22. The first-order chi connectivity index (χ1) is 7.25. The molecule has 1 saturated carbocycles. The van der Waals surface area contributed by atoms with Crippen LogP contribution in [0.4, 0.5) is 0 Å². The van der Waals surface area contributed by atoms with Gasteiger partial charge in [0.2, 0.25) is 0 Å². The Morgan fingerprint density at radius 2 is 2.20 bits per heavy atom. The van der Waals surface area contributed by atoms with Crippen molar-refractivity contribution in [3.8, 4) is 0 Å². The molecule has 1 aliphatic carbocycles. The number of carbonyl (C=O) groups excluding carboxylic acids is 1. The number of ether oxygens (including phenoxy) is 1. The molecule has 0 bridgehead atoms. The second-order valence-electron chi connectivity index (χ2n) is 3.93. The molecule has 0 aromatic carbocycles. The summed E-state index contributed by atoms with van der Waals surface area (Å²) in [6.07, 6.45) is 4.93. The summed E-state index contributed by atoms with van der Waals surface area (Å²) in [4.78, 5) is 14.4. The number of rotatable bonds is 5. The van der Waals surface area contributed by atoms with Gasteiger partial charge < -0.3 is 4.74 Å². The van der Waals surface area contributed by atoms with Crippen molar-refractivity contribution in [3.63, 3.8) is 0 Å². The van der Waals surface area contributed by atoms with E-state index in [9.17, 15) is 4.79 Å². The molecule has 1 aliphatic rings. The zero-order valence-electron chi connectivity index (χ0n) is 9.11. The van der Waals surface area contributed by atoms with Crippen LogP contribution in [0.5, 0.6) is 0 Å². The highest BCUT2D eigenvalue weighted by Crippen LogP contribution is 2.41. The molecule has 0 heterocycles. The summed E-state index contributed by atoms with van der Waals surface area (Å²) in [6.45, 7) is 2.45. The number of carbonyl (C=O) groups is 1. The van der Waals surface area contributed by atoms with E-state index in [4.69, 9.17) is 10.3 Å². The van der Waals surface area contributed by atoms with Crippen LogP contribution in [0.1, 0.15) is 39.0 Å². The average molecular weight is 211 g/mol. The lowest BCUT2D eigenvalue weighted by atomic mass is 9.83. The third-order valence-corrected chi connectivity index (χ3v) is 3.16. The van der Waals surface area contributed by atoms with E-state index in [1.54, 1.807) is 0 Å². The highest BCUT2D eigenvalue weighted by molar-refractivity contribution is 5.77. The summed E-state index contributed by atoms with van der Waals surface area (Å²) in [5, 5.41) is 3.32. The highest BCUT2D eigenvalue weighted by atomic mass is 16.5. The van der Waals surface area contributed by atoms with Gasteiger partial charge >= 0.3 is 5.97 Å². The SMILES string of the molecule is CCC1(C(=O)OCCN=[N+]=[N-])CCCC1. The summed E-state index contributed by atoms with van der Waals surface area (Å²) in [7, 11) is 0. The molecule has 5 nitrogen and oxygen atoms in total. The summed E-state index contributed by atoms with van der Waals surface area (Å²) in [6, 6.07) is 0. The Morgan fingerprint density at radius 3 is 2.73 bits per heavy atom. The Bertz CT molecular complexity index is 266. The Morgan fingerprint density at radius 1 is 1.53 bits per heavy atom. The molecule has 0 aromatic rings. The van der Waals surface area contributed by atoms with E-state index in [1.165, 1.54) is 0 Å². The van der Waals surface area contributed by atoms with Crippen LogP contribution in [0.15, 0.2) is 5.11 Å². The van der Waals surface area contributed by atoms with Crippen LogP contribution in [0.2, 0.25) is 0 Å². The van der Waals surface area contributed by atoms with Gasteiger partial charge in [0.25, 0.3) is 0 Å². The normalized spacial score (nSPS) is 18.2. The van der Waals surface area contributed by atoms with Crippen LogP contribution in [-0.4, -0.2) is 19.1 Å². The standard InChI is InChI=1S/C10H17N3O2/c1-2-10(5-3-4-6-10)9(14)15-8-7-12-13-11/h2-8H2,1H3. The predicted octanol–water partition coefficient (Wildman–Crippen LogP) is 2.81. The maximum atomic E-state index is 11.8. The van der Waals surface area contributed by atoms with E-state index in [1.807, 2.05) is 6.92 Å². The molecule has 0 saturated heterocycles. The van der Waals surface area contributed by atoms with E-state index in [0.29, 0.717) is 0 Å². The van der Waals surface area contributed by atoms with Crippen LogP contribution in [0, 0.1) is 5.41 Å². The molecule has 1 rings (SSSR count). The van der Waals surface area contributed by atoms with Crippen LogP contribution in [0.25, 0.3) is 10.4 Å². The Kier molecular flexibility index (Phi) is 4.43. The lowest BCUT2D eigenvalue weighted by Crippen LogP contribution is -2.30. The minimum absolute atomic E-state index is 0.115. The van der Waals surface area contributed by atoms with Crippen LogP contribution >= 0.6 is 0 Å². The molecule has 0 aromatic heterocycles. The first kappa shape index (κ1) is 11.9. The maximum absolute atomic E-state index is 11.8. The maximum Gasteiger partial charge on any atom is 0.312 e. The topological polar surface area (TPSA) is 75.1 Å². The van der Waals surface area contributed by atoms with Gasteiger partial charge in [0, 0.05) is 4.91 Å². The second-order valence-corrected chi connectivity index (χ2v) is 3.93. The van der Waals surface area contributed by atoms with Crippen molar-refractivity contribution >= 4 is 5.97 Å². The quantitative estimate of drug-likeness (QED) is 0.230. The van der Waals surface area contributed by atoms with E-state index < -0.39 is 0 Å². The van der Waals surface area contributed by atoms with Crippen molar-refractivity contribution in [1.82, 2.24) is 0 Å². The highest BCUT2D eigenvalue weighted by Gasteiger charge is 2.40. The minimum Gasteiger partial charge on any atom is -0.465 e. The number of hydrogen-bond donors (Lipinski definition) is 0. The Labute approximate surface area is 89.4 Å². The van der Waals surface area contributed by atoms with Crippen LogP contribution < -0.4 is 0 Å². The number of esters is 1. The molecule has 84 valence electrons. The van der Waals surface area contributed by atoms with Gasteiger partial charge in [-0.05, 0) is 24.8 Å². The van der Waals surface area contributed by atoms with Gasteiger partial charge in [-0.1, -0.05) is 24.9 Å². The zero-order chi connectivity index (χ0) is 11.1. The van der Waals surface area contributed by atoms with Gasteiger partial charge in [-0.15, -0.1) is 0 Å². The molecule has 1 fully saturated rings. The molecule has 0 amide bonds. The second kappa shape index (κ2) is 5.61. The lowest BCUT2D eigenvalue weighted by molar-refractivity contribution is -0.155. The summed E-state index contributed by atoms with van der Waals surface area (Å²) < 4.78 is 5.12. The molecule has 0 unspecified atom stereocenters. The number of hydrogen-bond acceptors (Lipinski definition) is 3. The monoisotopic (exact) mass is 211 g/mol. The fourth-order valence-electron chi connectivity index (χ4n) is 2.13. The summed E-state index contributed by atoms with van der Waals surface area (Å²) in [5.74, 6) is -0.115. The van der Waals surface area contributed by atoms with Gasteiger partial charge in [-0.25, -0.2) is 0 Å². The molecular weight excluding hydrogens is 194 g/mol. The van der Waals surface area contributed by atoms with Crippen molar-refractivity contribution in [3.05, 3.63) is 10.4 Å². The number of nitrogens with zero attached hydrogens (tertiary/aromatic N) is 3. The largest absolute Gasteiger partial charge is 0.465 e. The van der Waals surface area contributed by atoms with E-state index >= 15 is 0 Å². The molecule has 0 atom stereocenters. The molecular formula is C10H17N3O2. The fourth-order valence-corrected chi connectivity index (χ4v) is 2.13. The van der Waals surface area contributed by atoms with E-state index in [-0.39, 0.29) is 24.5 Å². The van der Waals surface area contributed by atoms with Gasteiger partial charge in [0.1, 0.15) is 0 Å². The molecule has 0 aliphatic heterocycles. The Balaban J connectivity index is 2.40. The van der Waals surface area contributed by atoms with E-state index in [0.717, 1.165) is 32.1 Å². The van der Waals surface area contributed by atoms with Crippen molar-refractivity contribution in [2.75, 3.05) is 13.2 Å². The van der Waals surface area contributed by atoms with Gasteiger partial charge in [-0.2, -0.15) is 0 Å². The van der Waals surface area contributed by atoms with Gasteiger partial charge in [0.05, 0.1) is 18.6 Å².